The van der Waals surface area contributed by atoms with E-state index in [1.54, 1.807) is 12.4 Å². The van der Waals surface area contributed by atoms with Crippen LogP contribution in [0.5, 0.6) is 0 Å². The molecule has 21 heavy (non-hydrogen) atoms. The topological polar surface area (TPSA) is 41.0 Å². The fraction of sp³-hybridized carbons (Fsp3) is 0.500. The molecule has 1 aliphatic heterocycles. The van der Waals surface area contributed by atoms with Crippen molar-refractivity contribution in [2.75, 3.05) is 31.5 Å². The fourth-order valence-corrected chi connectivity index (χ4v) is 3.07. The smallest absolute Gasteiger partial charge is 0.128 e. The number of nitrogens with one attached hydrogen (secondary N) is 1. The molecular formula is C16H21ClN4. The summed E-state index contributed by atoms with van der Waals surface area (Å²) in [4.78, 5) is 11.2. The van der Waals surface area contributed by atoms with Crippen molar-refractivity contribution in [2.45, 2.75) is 25.7 Å². The Hall–Kier alpha value is -1.39. The molecule has 2 aromatic heterocycles. The number of halogens is 1. The number of likely N-dealkylation sites (tertiary alicyclic amines) is 1. The monoisotopic (exact) mass is 304 g/mol. The van der Waals surface area contributed by atoms with Gasteiger partial charge in [-0.15, -0.1) is 0 Å². The van der Waals surface area contributed by atoms with Crippen LogP contribution in [0.1, 0.15) is 25.7 Å². The van der Waals surface area contributed by atoms with E-state index in [0.717, 1.165) is 36.2 Å². The molecule has 1 N–H and O–H groups in total. The molecule has 0 radical (unpaired) electrons. The first kappa shape index (κ1) is 14.5. The number of rotatable bonds is 5. The minimum atomic E-state index is 0.701. The van der Waals surface area contributed by atoms with E-state index in [-0.39, 0.29) is 0 Å². The summed E-state index contributed by atoms with van der Waals surface area (Å²) in [5.41, 5.74) is 0.885. The van der Waals surface area contributed by atoms with E-state index in [9.17, 15) is 0 Å². The fourth-order valence-electron chi connectivity index (χ4n) is 2.82. The van der Waals surface area contributed by atoms with Gasteiger partial charge in [0.25, 0.3) is 0 Å². The standard InChI is InChI=1S/C16H21ClN4/c17-14-11-16(20-15-5-7-18-12-13(14)15)19-6-4-10-21-8-2-1-3-9-21/h5,7,11-12H,1-4,6,8-10H2,(H,19,20). The van der Waals surface area contributed by atoms with Gasteiger partial charge in [0.1, 0.15) is 5.82 Å². The first-order valence-electron chi connectivity index (χ1n) is 7.69. The van der Waals surface area contributed by atoms with E-state index in [4.69, 9.17) is 11.6 Å². The maximum atomic E-state index is 6.27. The van der Waals surface area contributed by atoms with E-state index >= 15 is 0 Å². The summed E-state index contributed by atoms with van der Waals surface area (Å²) < 4.78 is 0. The highest BCUT2D eigenvalue weighted by Gasteiger charge is 2.09. The molecule has 0 atom stereocenters. The average Bonchev–Trinajstić information content (AvgIpc) is 2.53. The number of hydrogen-bond donors (Lipinski definition) is 1. The summed E-state index contributed by atoms with van der Waals surface area (Å²) in [5, 5.41) is 4.98. The van der Waals surface area contributed by atoms with Crippen LogP contribution in [0.4, 0.5) is 5.82 Å². The highest BCUT2D eigenvalue weighted by atomic mass is 35.5. The number of hydrogen-bond acceptors (Lipinski definition) is 4. The average molecular weight is 305 g/mol. The molecule has 1 saturated heterocycles. The number of aromatic nitrogens is 2. The molecule has 1 aliphatic rings. The van der Waals surface area contributed by atoms with Crippen molar-refractivity contribution in [3.8, 4) is 0 Å². The first-order valence-corrected chi connectivity index (χ1v) is 8.07. The Morgan fingerprint density at radius 1 is 1.24 bits per heavy atom. The largest absolute Gasteiger partial charge is 0.370 e. The zero-order chi connectivity index (χ0) is 14.5. The van der Waals surface area contributed by atoms with Gasteiger partial charge in [0.15, 0.2) is 0 Å². The molecule has 0 unspecified atom stereocenters. The molecule has 0 spiro atoms. The van der Waals surface area contributed by atoms with Gasteiger partial charge in [0, 0.05) is 24.3 Å². The molecule has 2 aromatic rings. The predicted molar refractivity (Wildman–Crippen MR) is 87.9 cm³/mol. The molecule has 0 aromatic carbocycles. The SMILES string of the molecule is Clc1cc(NCCCN2CCCCC2)nc2ccncc12. The Morgan fingerprint density at radius 2 is 2.10 bits per heavy atom. The quantitative estimate of drug-likeness (QED) is 0.857. The van der Waals surface area contributed by atoms with Crippen LogP contribution >= 0.6 is 11.6 Å². The van der Waals surface area contributed by atoms with Gasteiger partial charge in [-0.3, -0.25) is 4.98 Å². The van der Waals surface area contributed by atoms with Gasteiger partial charge in [-0.2, -0.15) is 0 Å². The molecule has 0 bridgehead atoms. The minimum absolute atomic E-state index is 0.701. The Labute approximate surface area is 130 Å². The van der Waals surface area contributed by atoms with E-state index in [1.807, 2.05) is 12.1 Å². The van der Waals surface area contributed by atoms with Gasteiger partial charge in [0.2, 0.25) is 0 Å². The first-order chi connectivity index (χ1) is 10.3. The Kier molecular flexibility index (Phi) is 4.88. The molecule has 3 rings (SSSR count). The van der Waals surface area contributed by atoms with E-state index < -0.39 is 0 Å². The molecule has 1 fully saturated rings. The number of pyridine rings is 2. The summed E-state index contributed by atoms with van der Waals surface area (Å²) in [6.45, 7) is 4.61. The van der Waals surface area contributed by atoms with Gasteiger partial charge in [-0.25, -0.2) is 4.98 Å². The lowest BCUT2D eigenvalue weighted by Crippen LogP contribution is -2.31. The Bertz CT molecular complexity index is 596. The van der Waals surface area contributed by atoms with Gasteiger partial charge in [-0.1, -0.05) is 18.0 Å². The van der Waals surface area contributed by atoms with Gasteiger partial charge in [-0.05, 0) is 51.0 Å². The van der Waals surface area contributed by atoms with Crippen molar-refractivity contribution in [1.82, 2.24) is 14.9 Å². The minimum Gasteiger partial charge on any atom is -0.370 e. The van der Waals surface area contributed by atoms with Gasteiger partial charge in [0.05, 0.1) is 10.5 Å². The second-order valence-corrected chi connectivity index (χ2v) is 5.97. The van der Waals surface area contributed by atoms with Crippen LogP contribution in [0.3, 0.4) is 0 Å². The van der Waals surface area contributed by atoms with Gasteiger partial charge < -0.3 is 10.2 Å². The lowest BCUT2D eigenvalue weighted by Gasteiger charge is -2.26. The number of nitrogens with zero attached hydrogens (tertiary/aromatic N) is 3. The number of fused-ring (bicyclic) bond motifs is 1. The third-order valence-corrected chi connectivity index (χ3v) is 4.28. The van der Waals surface area contributed by atoms with Crippen LogP contribution in [0.2, 0.25) is 5.02 Å². The van der Waals surface area contributed by atoms with Crippen LogP contribution in [0.15, 0.2) is 24.5 Å². The van der Waals surface area contributed by atoms with E-state index in [1.165, 1.54) is 32.4 Å². The van der Waals surface area contributed by atoms with E-state index in [0.29, 0.717) is 5.02 Å². The van der Waals surface area contributed by atoms with Crippen LogP contribution in [-0.4, -0.2) is 41.0 Å². The zero-order valence-electron chi connectivity index (χ0n) is 12.2. The summed E-state index contributed by atoms with van der Waals surface area (Å²) in [5.74, 6) is 0.845. The second kappa shape index (κ2) is 7.05. The van der Waals surface area contributed by atoms with Crippen LogP contribution in [0.25, 0.3) is 10.9 Å². The van der Waals surface area contributed by atoms with Crippen LogP contribution in [0, 0.1) is 0 Å². The van der Waals surface area contributed by atoms with Crippen molar-refractivity contribution in [2.24, 2.45) is 0 Å². The Balaban J connectivity index is 1.53. The van der Waals surface area contributed by atoms with Crippen molar-refractivity contribution in [1.29, 1.82) is 0 Å². The molecule has 112 valence electrons. The summed E-state index contributed by atoms with van der Waals surface area (Å²) in [6, 6.07) is 3.77. The third kappa shape index (κ3) is 3.83. The maximum Gasteiger partial charge on any atom is 0.128 e. The molecular weight excluding hydrogens is 284 g/mol. The molecule has 0 saturated carbocycles. The summed E-state index contributed by atoms with van der Waals surface area (Å²) in [6.07, 6.45) is 8.72. The number of piperidine rings is 1. The normalized spacial score (nSPS) is 16.2. The Morgan fingerprint density at radius 3 is 2.95 bits per heavy atom. The molecule has 5 heteroatoms. The maximum absolute atomic E-state index is 6.27. The molecule has 0 aliphatic carbocycles. The lowest BCUT2D eigenvalue weighted by atomic mass is 10.1. The highest BCUT2D eigenvalue weighted by Crippen LogP contribution is 2.24. The van der Waals surface area contributed by atoms with Crippen molar-refractivity contribution in [3.63, 3.8) is 0 Å². The second-order valence-electron chi connectivity index (χ2n) is 5.56. The van der Waals surface area contributed by atoms with Crippen LogP contribution in [-0.2, 0) is 0 Å². The zero-order valence-corrected chi connectivity index (χ0v) is 12.9. The molecule has 4 nitrogen and oxygen atoms in total. The van der Waals surface area contributed by atoms with Crippen molar-refractivity contribution in [3.05, 3.63) is 29.5 Å². The van der Waals surface area contributed by atoms with Crippen molar-refractivity contribution >= 4 is 28.3 Å². The summed E-state index contributed by atoms with van der Waals surface area (Å²) in [7, 11) is 0. The summed E-state index contributed by atoms with van der Waals surface area (Å²) >= 11 is 6.27. The predicted octanol–water partition coefficient (Wildman–Crippen LogP) is 3.57. The lowest BCUT2D eigenvalue weighted by molar-refractivity contribution is 0.228. The van der Waals surface area contributed by atoms with Crippen LogP contribution < -0.4 is 5.32 Å². The third-order valence-electron chi connectivity index (χ3n) is 3.97. The number of anilines is 1. The molecule has 0 amide bonds. The van der Waals surface area contributed by atoms with Crippen molar-refractivity contribution < 1.29 is 0 Å². The highest BCUT2D eigenvalue weighted by molar-refractivity contribution is 6.35. The van der Waals surface area contributed by atoms with Gasteiger partial charge >= 0.3 is 0 Å². The van der Waals surface area contributed by atoms with E-state index in [2.05, 4.69) is 20.2 Å². The molecule has 3 heterocycles.